The quantitative estimate of drug-likeness (QED) is 0.749. The zero-order valence-electron chi connectivity index (χ0n) is 8.04. The summed E-state index contributed by atoms with van der Waals surface area (Å²) in [4.78, 5) is 1.21. The van der Waals surface area contributed by atoms with Crippen LogP contribution in [0.2, 0.25) is 4.34 Å². The van der Waals surface area contributed by atoms with E-state index in [0.717, 1.165) is 23.9 Å². The Morgan fingerprint density at radius 1 is 1.31 bits per heavy atom. The summed E-state index contributed by atoms with van der Waals surface area (Å²) in [5.74, 6) is 0. The fourth-order valence-corrected chi connectivity index (χ4v) is 5.54. The highest BCUT2D eigenvalue weighted by molar-refractivity contribution is 9.12. The van der Waals surface area contributed by atoms with Gasteiger partial charge < -0.3 is 5.73 Å². The monoisotopic (exact) mass is 399 g/mol. The fraction of sp³-hybridized carbons (Fsp3) is 0.200. The number of hydrogen-bond acceptors (Lipinski definition) is 3. The lowest BCUT2D eigenvalue weighted by Gasteiger charge is -2.08. The second kappa shape index (κ2) is 5.50. The van der Waals surface area contributed by atoms with E-state index < -0.39 is 0 Å². The maximum atomic E-state index is 6.17. The van der Waals surface area contributed by atoms with Crippen LogP contribution in [-0.2, 0) is 6.42 Å². The van der Waals surface area contributed by atoms with Gasteiger partial charge in [-0.15, -0.1) is 22.7 Å². The number of hydrogen-bond donors (Lipinski definition) is 1. The second-order valence-corrected chi connectivity index (χ2v) is 8.84. The van der Waals surface area contributed by atoms with Crippen LogP contribution in [0.3, 0.4) is 0 Å². The Labute approximate surface area is 124 Å². The molecule has 0 bridgehead atoms. The van der Waals surface area contributed by atoms with Crippen LogP contribution in [0.5, 0.6) is 0 Å². The molecule has 2 heterocycles. The first-order valence-electron chi connectivity index (χ1n) is 4.51. The van der Waals surface area contributed by atoms with Crippen LogP contribution in [0.15, 0.2) is 25.8 Å². The van der Waals surface area contributed by atoms with Crippen LogP contribution >= 0.6 is 66.1 Å². The molecule has 0 aliphatic carbocycles. The van der Waals surface area contributed by atoms with Gasteiger partial charge in [-0.2, -0.15) is 0 Å². The van der Waals surface area contributed by atoms with Crippen molar-refractivity contribution in [3.05, 3.63) is 40.5 Å². The molecule has 2 N–H and O–H groups in total. The average Bonchev–Trinajstić information content (AvgIpc) is 2.73. The molecule has 0 radical (unpaired) electrons. The van der Waals surface area contributed by atoms with E-state index in [9.17, 15) is 0 Å². The third-order valence-electron chi connectivity index (χ3n) is 2.13. The summed E-state index contributed by atoms with van der Waals surface area (Å²) >= 11 is 16.1. The molecule has 2 aromatic rings. The molecule has 0 aliphatic heterocycles. The van der Waals surface area contributed by atoms with Crippen molar-refractivity contribution in [2.75, 3.05) is 0 Å². The Kier molecular flexibility index (Phi) is 4.49. The normalized spacial score (nSPS) is 13.0. The van der Waals surface area contributed by atoms with Crippen molar-refractivity contribution >= 4 is 66.1 Å². The van der Waals surface area contributed by atoms with Gasteiger partial charge in [0.15, 0.2) is 0 Å². The summed E-state index contributed by atoms with van der Waals surface area (Å²) in [5.41, 5.74) is 7.31. The van der Waals surface area contributed by atoms with Crippen LogP contribution in [0.4, 0.5) is 0 Å². The highest BCUT2D eigenvalue weighted by Crippen LogP contribution is 2.36. The Bertz CT molecular complexity index is 495. The number of rotatable bonds is 3. The predicted octanol–water partition coefficient (Wildman–Crippen LogP) is 5.23. The molecule has 1 atom stereocenters. The molecule has 0 saturated carbocycles. The van der Waals surface area contributed by atoms with Gasteiger partial charge in [0.05, 0.1) is 11.9 Å². The summed E-state index contributed by atoms with van der Waals surface area (Å²) in [6.45, 7) is 0. The highest BCUT2D eigenvalue weighted by atomic mass is 79.9. The first kappa shape index (κ1) is 13.1. The molecule has 1 nitrogen and oxygen atoms in total. The maximum absolute atomic E-state index is 6.17. The molecule has 1 unspecified atom stereocenters. The molecule has 0 spiro atoms. The van der Waals surface area contributed by atoms with Gasteiger partial charge >= 0.3 is 0 Å². The summed E-state index contributed by atoms with van der Waals surface area (Å²) in [7, 11) is 0. The summed E-state index contributed by atoms with van der Waals surface area (Å²) in [5, 5.41) is 0. The molecule has 0 aliphatic rings. The van der Waals surface area contributed by atoms with Gasteiger partial charge in [-0.3, -0.25) is 0 Å². The summed E-state index contributed by atoms with van der Waals surface area (Å²) < 4.78 is 3.00. The van der Waals surface area contributed by atoms with Crippen LogP contribution < -0.4 is 5.73 Å². The first-order chi connectivity index (χ1) is 7.56. The SMILES string of the molecule is NC(Cc1ccc(Cl)s1)c1cc(Br)sc1Br. The minimum atomic E-state index is 0.00615. The van der Waals surface area contributed by atoms with Crippen molar-refractivity contribution in [2.45, 2.75) is 12.5 Å². The van der Waals surface area contributed by atoms with Crippen LogP contribution in [0.1, 0.15) is 16.5 Å². The number of thiophene rings is 2. The molecule has 86 valence electrons. The third-order valence-corrected chi connectivity index (χ3v) is 5.77. The van der Waals surface area contributed by atoms with Gasteiger partial charge in [-0.1, -0.05) is 11.6 Å². The van der Waals surface area contributed by atoms with Crippen molar-refractivity contribution in [2.24, 2.45) is 5.73 Å². The van der Waals surface area contributed by atoms with E-state index in [1.807, 2.05) is 12.1 Å². The van der Waals surface area contributed by atoms with Gasteiger partial charge in [-0.05, 0) is 55.6 Å². The van der Waals surface area contributed by atoms with E-state index in [-0.39, 0.29) is 6.04 Å². The molecule has 16 heavy (non-hydrogen) atoms. The molecule has 0 aromatic carbocycles. The zero-order valence-corrected chi connectivity index (χ0v) is 13.6. The molecule has 0 saturated heterocycles. The minimum Gasteiger partial charge on any atom is -0.324 e. The highest BCUT2D eigenvalue weighted by Gasteiger charge is 2.14. The number of halogens is 3. The van der Waals surface area contributed by atoms with Crippen molar-refractivity contribution in [3.8, 4) is 0 Å². The van der Waals surface area contributed by atoms with Crippen molar-refractivity contribution < 1.29 is 0 Å². The Hall–Kier alpha value is 0.610. The molecule has 6 heteroatoms. The van der Waals surface area contributed by atoms with Gasteiger partial charge in [0.25, 0.3) is 0 Å². The predicted molar refractivity (Wildman–Crippen MR) is 79.7 cm³/mol. The molecule has 0 amide bonds. The lowest BCUT2D eigenvalue weighted by Crippen LogP contribution is -2.12. The van der Waals surface area contributed by atoms with Crippen LogP contribution in [0, 0.1) is 0 Å². The smallest absolute Gasteiger partial charge is 0.0931 e. The summed E-state index contributed by atoms with van der Waals surface area (Å²) in [6, 6.07) is 6.01. The zero-order chi connectivity index (χ0) is 11.7. The topological polar surface area (TPSA) is 26.0 Å². The number of nitrogens with two attached hydrogens (primary N) is 1. The van der Waals surface area contributed by atoms with Gasteiger partial charge in [0, 0.05) is 17.3 Å². The standard InChI is InChI=1S/C10H8Br2ClNS2/c11-8-4-6(10(12)16-8)7(14)3-5-1-2-9(13)15-5/h1-2,4,7H,3,14H2. The van der Waals surface area contributed by atoms with Gasteiger partial charge in [-0.25, -0.2) is 0 Å². The van der Waals surface area contributed by atoms with E-state index in [1.54, 1.807) is 22.7 Å². The fourth-order valence-electron chi connectivity index (χ4n) is 1.39. The van der Waals surface area contributed by atoms with E-state index in [4.69, 9.17) is 17.3 Å². The Balaban J connectivity index is 2.14. The molecule has 2 rings (SSSR count). The molecular formula is C10H8Br2ClNS2. The second-order valence-electron chi connectivity index (χ2n) is 3.30. The Morgan fingerprint density at radius 2 is 2.06 bits per heavy atom. The molecule has 0 fully saturated rings. The van der Waals surface area contributed by atoms with Crippen molar-refractivity contribution in [1.82, 2.24) is 0 Å². The van der Waals surface area contributed by atoms with Crippen LogP contribution in [-0.4, -0.2) is 0 Å². The molecular weight excluding hydrogens is 394 g/mol. The van der Waals surface area contributed by atoms with Gasteiger partial charge in [0.1, 0.15) is 0 Å². The minimum absolute atomic E-state index is 0.00615. The average molecular weight is 402 g/mol. The maximum Gasteiger partial charge on any atom is 0.0931 e. The first-order valence-corrected chi connectivity index (χ1v) is 8.10. The summed E-state index contributed by atoms with van der Waals surface area (Å²) in [6.07, 6.45) is 0.819. The van der Waals surface area contributed by atoms with Crippen LogP contribution in [0.25, 0.3) is 0 Å². The van der Waals surface area contributed by atoms with Crippen molar-refractivity contribution in [3.63, 3.8) is 0 Å². The van der Waals surface area contributed by atoms with E-state index in [1.165, 1.54) is 4.88 Å². The molecule has 2 aromatic heterocycles. The van der Waals surface area contributed by atoms with Crippen molar-refractivity contribution in [1.29, 1.82) is 0 Å². The van der Waals surface area contributed by atoms with E-state index >= 15 is 0 Å². The lowest BCUT2D eigenvalue weighted by molar-refractivity contribution is 0.730. The third kappa shape index (κ3) is 3.09. The van der Waals surface area contributed by atoms with E-state index in [2.05, 4.69) is 37.9 Å². The largest absolute Gasteiger partial charge is 0.324 e. The van der Waals surface area contributed by atoms with E-state index in [0.29, 0.717) is 0 Å². The Morgan fingerprint density at radius 3 is 2.56 bits per heavy atom. The van der Waals surface area contributed by atoms with Gasteiger partial charge in [0.2, 0.25) is 0 Å². The lowest BCUT2D eigenvalue weighted by atomic mass is 10.1.